The molecule has 1 aliphatic rings. The van der Waals surface area contributed by atoms with Gasteiger partial charge < -0.3 is 5.11 Å². The van der Waals surface area contributed by atoms with Gasteiger partial charge in [-0.25, -0.2) is 0 Å². The number of hydrogen-bond acceptors (Lipinski definition) is 1. The molecular weight excluding hydrogens is 112 g/mol. The van der Waals surface area contributed by atoms with E-state index in [1.54, 1.807) is 0 Å². The molecule has 0 aromatic heterocycles. The van der Waals surface area contributed by atoms with Crippen molar-refractivity contribution in [2.75, 3.05) is 0 Å². The van der Waals surface area contributed by atoms with Crippen molar-refractivity contribution in [3.63, 3.8) is 0 Å². The van der Waals surface area contributed by atoms with Crippen molar-refractivity contribution in [1.29, 1.82) is 0 Å². The van der Waals surface area contributed by atoms with Gasteiger partial charge in [0.25, 0.3) is 0 Å². The first-order chi connectivity index (χ1) is 4.14. The molecular formula is C8H16O. The summed E-state index contributed by atoms with van der Waals surface area (Å²) in [6, 6.07) is 0. The highest BCUT2D eigenvalue weighted by Gasteiger charge is 2.37. The quantitative estimate of drug-likeness (QED) is 0.602. The van der Waals surface area contributed by atoms with Crippen molar-refractivity contribution in [2.45, 2.75) is 45.1 Å². The number of rotatable bonds is 2. The van der Waals surface area contributed by atoms with E-state index in [0.29, 0.717) is 0 Å². The van der Waals surface area contributed by atoms with Gasteiger partial charge in [-0.2, -0.15) is 0 Å². The largest absolute Gasteiger partial charge is 0.390 e. The molecule has 1 fully saturated rings. The summed E-state index contributed by atoms with van der Waals surface area (Å²) in [4.78, 5) is 0. The molecule has 0 atom stereocenters. The topological polar surface area (TPSA) is 20.2 Å². The zero-order valence-electron chi connectivity index (χ0n) is 6.35. The minimum atomic E-state index is -0.306. The van der Waals surface area contributed by atoms with Crippen molar-refractivity contribution in [1.82, 2.24) is 0 Å². The van der Waals surface area contributed by atoms with E-state index >= 15 is 0 Å². The van der Waals surface area contributed by atoms with Gasteiger partial charge >= 0.3 is 0 Å². The van der Waals surface area contributed by atoms with Crippen LogP contribution >= 0.6 is 0 Å². The maximum atomic E-state index is 9.31. The number of hydrogen-bond donors (Lipinski definition) is 1. The number of aliphatic hydroxyl groups is 1. The second-order valence-electron chi connectivity index (χ2n) is 3.56. The van der Waals surface area contributed by atoms with Crippen LogP contribution in [0.3, 0.4) is 0 Å². The molecule has 0 radical (unpaired) electrons. The van der Waals surface area contributed by atoms with E-state index in [2.05, 4.69) is 6.92 Å². The van der Waals surface area contributed by atoms with Crippen LogP contribution in [0.5, 0.6) is 0 Å². The lowest BCUT2D eigenvalue weighted by molar-refractivity contribution is -0.0593. The van der Waals surface area contributed by atoms with Gasteiger partial charge in [-0.3, -0.25) is 0 Å². The van der Waals surface area contributed by atoms with Gasteiger partial charge in [0.1, 0.15) is 0 Å². The van der Waals surface area contributed by atoms with Crippen LogP contribution in [0.15, 0.2) is 0 Å². The molecule has 1 saturated carbocycles. The maximum absolute atomic E-state index is 9.31. The first-order valence-electron chi connectivity index (χ1n) is 3.86. The Morgan fingerprint density at radius 1 is 1.56 bits per heavy atom. The summed E-state index contributed by atoms with van der Waals surface area (Å²) in [7, 11) is 0. The fourth-order valence-corrected chi connectivity index (χ4v) is 1.80. The van der Waals surface area contributed by atoms with Crippen LogP contribution in [0.4, 0.5) is 0 Å². The Morgan fingerprint density at radius 3 is 2.44 bits per heavy atom. The van der Waals surface area contributed by atoms with Crippen LogP contribution < -0.4 is 0 Å². The standard InChI is InChI=1S/C8H16O/c1-3-4-7-5-8(2,9)6-7/h7,9H,3-6H2,1-2H3. The average Bonchev–Trinajstić information content (AvgIpc) is 1.62. The fourth-order valence-electron chi connectivity index (χ4n) is 1.80. The van der Waals surface area contributed by atoms with Crippen LogP contribution in [-0.4, -0.2) is 10.7 Å². The molecule has 0 aromatic rings. The summed E-state index contributed by atoms with van der Waals surface area (Å²) in [5, 5.41) is 9.31. The lowest BCUT2D eigenvalue weighted by Crippen LogP contribution is -2.40. The first-order valence-corrected chi connectivity index (χ1v) is 3.86. The van der Waals surface area contributed by atoms with Gasteiger partial charge in [-0.15, -0.1) is 0 Å². The monoisotopic (exact) mass is 128 g/mol. The summed E-state index contributed by atoms with van der Waals surface area (Å²) in [5.74, 6) is 0.824. The third-order valence-electron chi connectivity index (χ3n) is 2.15. The van der Waals surface area contributed by atoms with Gasteiger partial charge in [-0.1, -0.05) is 19.8 Å². The molecule has 0 aliphatic heterocycles. The van der Waals surface area contributed by atoms with Crippen LogP contribution in [0.2, 0.25) is 0 Å². The summed E-state index contributed by atoms with van der Waals surface area (Å²) < 4.78 is 0. The Hall–Kier alpha value is -0.0400. The van der Waals surface area contributed by atoms with Crippen molar-refractivity contribution in [3.05, 3.63) is 0 Å². The second kappa shape index (κ2) is 2.30. The van der Waals surface area contributed by atoms with E-state index in [9.17, 15) is 5.11 Å². The zero-order chi connectivity index (χ0) is 6.91. The van der Waals surface area contributed by atoms with Gasteiger partial charge in [0.15, 0.2) is 0 Å². The maximum Gasteiger partial charge on any atom is 0.0625 e. The smallest absolute Gasteiger partial charge is 0.0625 e. The summed E-state index contributed by atoms with van der Waals surface area (Å²) in [6.07, 6.45) is 4.62. The molecule has 0 heterocycles. The van der Waals surface area contributed by atoms with Crippen LogP contribution in [0, 0.1) is 5.92 Å². The van der Waals surface area contributed by atoms with Gasteiger partial charge in [0.05, 0.1) is 5.60 Å². The van der Waals surface area contributed by atoms with E-state index in [1.807, 2.05) is 6.92 Å². The molecule has 0 amide bonds. The summed E-state index contributed by atoms with van der Waals surface area (Å²) >= 11 is 0. The molecule has 1 heteroatoms. The Kier molecular flexibility index (Phi) is 1.80. The molecule has 1 aliphatic carbocycles. The third-order valence-corrected chi connectivity index (χ3v) is 2.15. The second-order valence-corrected chi connectivity index (χ2v) is 3.56. The average molecular weight is 128 g/mol. The van der Waals surface area contributed by atoms with E-state index < -0.39 is 0 Å². The van der Waals surface area contributed by atoms with Crippen molar-refractivity contribution >= 4 is 0 Å². The zero-order valence-corrected chi connectivity index (χ0v) is 6.35. The normalized spacial score (nSPS) is 42.3. The highest BCUT2D eigenvalue weighted by Crippen LogP contribution is 2.39. The van der Waals surface area contributed by atoms with Crippen molar-refractivity contribution < 1.29 is 5.11 Å². The Labute approximate surface area is 57.1 Å². The molecule has 0 saturated heterocycles. The van der Waals surface area contributed by atoms with Crippen molar-refractivity contribution in [2.24, 2.45) is 5.92 Å². The molecule has 0 unspecified atom stereocenters. The van der Waals surface area contributed by atoms with Crippen LogP contribution in [0.25, 0.3) is 0 Å². The SMILES string of the molecule is CCCC1CC(C)(O)C1. The highest BCUT2D eigenvalue weighted by atomic mass is 16.3. The highest BCUT2D eigenvalue weighted by molar-refractivity contribution is 4.89. The van der Waals surface area contributed by atoms with E-state index in [1.165, 1.54) is 12.8 Å². The van der Waals surface area contributed by atoms with Gasteiger partial charge in [-0.05, 0) is 25.7 Å². The lowest BCUT2D eigenvalue weighted by Gasteiger charge is -2.40. The predicted octanol–water partition coefficient (Wildman–Crippen LogP) is 1.95. The first kappa shape index (κ1) is 7.07. The Balaban J connectivity index is 2.12. The summed E-state index contributed by atoms with van der Waals surface area (Å²) in [6.45, 7) is 4.13. The minimum Gasteiger partial charge on any atom is -0.390 e. The van der Waals surface area contributed by atoms with E-state index in [4.69, 9.17) is 0 Å². The molecule has 1 N–H and O–H groups in total. The van der Waals surface area contributed by atoms with Crippen LogP contribution in [-0.2, 0) is 0 Å². The lowest BCUT2D eigenvalue weighted by atomic mass is 9.70. The Bertz CT molecular complexity index is 88.7. The van der Waals surface area contributed by atoms with Crippen LogP contribution in [0.1, 0.15) is 39.5 Å². The minimum absolute atomic E-state index is 0.306. The van der Waals surface area contributed by atoms with Gasteiger partial charge in [0.2, 0.25) is 0 Å². The fraction of sp³-hybridized carbons (Fsp3) is 1.00. The molecule has 1 rings (SSSR count). The van der Waals surface area contributed by atoms with Crippen molar-refractivity contribution in [3.8, 4) is 0 Å². The Morgan fingerprint density at radius 2 is 2.11 bits per heavy atom. The van der Waals surface area contributed by atoms with Gasteiger partial charge in [0, 0.05) is 0 Å². The molecule has 0 aromatic carbocycles. The molecule has 9 heavy (non-hydrogen) atoms. The predicted molar refractivity (Wildman–Crippen MR) is 38.3 cm³/mol. The molecule has 0 spiro atoms. The third kappa shape index (κ3) is 1.68. The van der Waals surface area contributed by atoms with E-state index in [-0.39, 0.29) is 5.60 Å². The molecule has 0 bridgehead atoms. The molecule has 54 valence electrons. The molecule has 1 nitrogen and oxygen atoms in total. The van der Waals surface area contributed by atoms with E-state index in [0.717, 1.165) is 18.8 Å². The summed E-state index contributed by atoms with van der Waals surface area (Å²) in [5.41, 5.74) is -0.306.